The summed E-state index contributed by atoms with van der Waals surface area (Å²) in [6.07, 6.45) is 1.53. The van der Waals surface area contributed by atoms with Gasteiger partial charge >= 0.3 is 0 Å². The highest BCUT2D eigenvalue weighted by Crippen LogP contribution is 2.26. The van der Waals surface area contributed by atoms with Crippen LogP contribution in [0.4, 0.5) is 5.13 Å². The molecule has 0 spiro atoms. The molecule has 0 aliphatic rings. The fourth-order valence-electron chi connectivity index (χ4n) is 1.30. The molecule has 0 fully saturated rings. The Morgan fingerprint density at radius 1 is 1.41 bits per heavy atom. The molecule has 0 bridgehead atoms. The van der Waals surface area contributed by atoms with Gasteiger partial charge in [0.25, 0.3) is 0 Å². The first-order valence-corrected chi connectivity index (χ1v) is 6.32. The number of carbonyl (C=O) groups excluding carboxylic acids is 1. The summed E-state index contributed by atoms with van der Waals surface area (Å²) in [5.74, 6) is -0.148. The van der Waals surface area contributed by atoms with E-state index in [1.165, 1.54) is 17.5 Å². The van der Waals surface area contributed by atoms with Gasteiger partial charge in [0.1, 0.15) is 0 Å². The Morgan fingerprint density at radius 2 is 2.18 bits per heavy atom. The van der Waals surface area contributed by atoms with Gasteiger partial charge in [-0.15, -0.1) is 0 Å². The third kappa shape index (κ3) is 2.60. The van der Waals surface area contributed by atoms with Crippen LogP contribution < -0.4 is 5.32 Å². The van der Waals surface area contributed by atoms with E-state index < -0.39 is 0 Å². The van der Waals surface area contributed by atoms with Gasteiger partial charge in [-0.2, -0.15) is 0 Å². The summed E-state index contributed by atoms with van der Waals surface area (Å²) in [7, 11) is 1.75. The van der Waals surface area contributed by atoms with Crippen molar-refractivity contribution in [1.29, 1.82) is 0 Å². The predicted octanol–water partition coefficient (Wildman–Crippen LogP) is 3.72. The van der Waals surface area contributed by atoms with Crippen molar-refractivity contribution in [1.82, 2.24) is 4.98 Å². The van der Waals surface area contributed by atoms with Gasteiger partial charge in [-0.3, -0.25) is 4.79 Å². The first kappa shape index (κ1) is 12.4. The molecule has 88 valence electrons. The molecule has 3 nitrogen and oxygen atoms in total. The molecule has 0 aliphatic heterocycles. The molecule has 0 saturated carbocycles. The van der Waals surface area contributed by atoms with E-state index in [1.807, 2.05) is 0 Å². The van der Waals surface area contributed by atoms with Gasteiger partial charge in [-0.05, 0) is 18.2 Å². The van der Waals surface area contributed by atoms with Crippen molar-refractivity contribution >= 4 is 45.5 Å². The van der Waals surface area contributed by atoms with E-state index in [2.05, 4.69) is 10.3 Å². The molecule has 17 heavy (non-hydrogen) atoms. The summed E-state index contributed by atoms with van der Waals surface area (Å²) in [6.45, 7) is 0. The molecule has 0 atom stereocenters. The summed E-state index contributed by atoms with van der Waals surface area (Å²) in [5, 5.41) is 4.43. The highest BCUT2D eigenvalue weighted by Gasteiger charge is 2.15. The Labute approximate surface area is 112 Å². The number of anilines is 1. The maximum absolute atomic E-state index is 12.1. The van der Waals surface area contributed by atoms with Crippen LogP contribution in [0.3, 0.4) is 0 Å². The van der Waals surface area contributed by atoms with Gasteiger partial charge in [0.05, 0.1) is 16.1 Å². The van der Waals surface area contributed by atoms with Crippen LogP contribution in [-0.4, -0.2) is 17.8 Å². The minimum absolute atomic E-state index is 0.148. The predicted molar refractivity (Wildman–Crippen MR) is 71.6 cm³/mol. The number of rotatable bonds is 3. The van der Waals surface area contributed by atoms with E-state index in [9.17, 15) is 4.79 Å². The van der Waals surface area contributed by atoms with Crippen LogP contribution in [-0.2, 0) is 0 Å². The minimum atomic E-state index is -0.148. The van der Waals surface area contributed by atoms with Crippen LogP contribution in [0.25, 0.3) is 0 Å². The fraction of sp³-hybridized carbons (Fsp3) is 0.0909. The summed E-state index contributed by atoms with van der Waals surface area (Å²) < 4.78 is 0. The van der Waals surface area contributed by atoms with Crippen LogP contribution in [0.5, 0.6) is 0 Å². The molecule has 0 amide bonds. The molecule has 0 saturated heterocycles. The van der Waals surface area contributed by atoms with Crippen LogP contribution in [0.2, 0.25) is 10.0 Å². The molecular formula is C11H8Cl2N2OS. The molecule has 2 aromatic rings. The Morgan fingerprint density at radius 3 is 2.76 bits per heavy atom. The number of ketones is 1. The van der Waals surface area contributed by atoms with Crippen molar-refractivity contribution < 1.29 is 4.79 Å². The zero-order valence-electron chi connectivity index (χ0n) is 8.83. The molecule has 0 radical (unpaired) electrons. The van der Waals surface area contributed by atoms with Crippen molar-refractivity contribution in [2.45, 2.75) is 0 Å². The van der Waals surface area contributed by atoms with E-state index in [0.717, 1.165) is 0 Å². The second-order valence-corrected chi connectivity index (χ2v) is 5.11. The van der Waals surface area contributed by atoms with E-state index >= 15 is 0 Å². The van der Waals surface area contributed by atoms with Crippen molar-refractivity contribution in [2.24, 2.45) is 0 Å². The Balaban J connectivity index is 2.36. The third-order valence-corrected chi connectivity index (χ3v) is 3.68. The number of nitrogens with one attached hydrogen (secondary N) is 1. The lowest BCUT2D eigenvalue weighted by molar-refractivity contribution is 0.104. The van der Waals surface area contributed by atoms with Crippen LogP contribution >= 0.6 is 34.5 Å². The van der Waals surface area contributed by atoms with Gasteiger partial charge in [0.15, 0.2) is 5.13 Å². The minimum Gasteiger partial charge on any atom is -0.365 e. The molecule has 0 aliphatic carbocycles. The summed E-state index contributed by atoms with van der Waals surface area (Å²) in [4.78, 5) is 16.7. The Hall–Kier alpha value is -1.10. The van der Waals surface area contributed by atoms with Crippen molar-refractivity contribution in [3.8, 4) is 0 Å². The lowest BCUT2D eigenvalue weighted by Gasteiger charge is -2.01. The van der Waals surface area contributed by atoms with Gasteiger partial charge in [-0.25, -0.2) is 4.98 Å². The van der Waals surface area contributed by atoms with Crippen molar-refractivity contribution in [2.75, 3.05) is 12.4 Å². The average molecular weight is 287 g/mol. The van der Waals surface area contributed by atoms with Crippen molar-refractivity contribution in [3.05, 3.63) is 44.9 Å². The summed E-state index contributed by atoms with van der Waals surface area (Å²) >= 11 is 13.0. The number of halogens is 2. The number of hydrogen-bond donors (Lipinski definition) is 1. The third-order valence-electron chi connectivity index (χ3n) is 2.12. The SMILES string of the molecule is CNc1ncc(C(=O)c2ccc(Cl)cc2Cl)s1. The molecule has 0 unspecified atom stereocenters. The van der Waals surface area contributed by atoms with E-state index in [4.69, 9.17) is 23.2 Å². The highest BCUT2D eigenvalue weighted by molar-refractivity contribution is 7.17. The maximum atomic E-state index is 12.1. The number of carbonyl (C=O) groups is 1. The fourth-order valence-corrected chi connectivity index (χ4v) is 2.52. The highest BCUT2D eigenvalue weighted by atomic mass is 35.5. The molecule has 1 N–H and O–H groups in total. The average Bonchev–Trinajstić information content (AvgIpc) is 2.76. The van der Waals surface area contributed by atoms with E-state index in [1.54, 1.807) is 25.2 Å². The summed E-state index contributed by atoms with van der Waals surface area (Å²) in [6, 6.07) is 4.81. The molecular weight excluding hydrogens is 279 g/mol. The van der Waals surface area contributed by atoms with Gasteiger partial charge < -0.3 is 5.32 Å². The van der Waals surface area contributed by atoms with E-state index in [-0.39, 0.29) is 5.78 Å². The summed E-state index contributed by atoms with van der Waals surface area (Å²) in [5.41, 5.74) is 0.433. The Bertz CT molecular complexity index is 568. The Kier molecular flexibility index (Phi) is 3.66. The van der Waals surface area contributed by atoms with Crippen LogP contribution in [0, 0.1) is 0 Å². The first-order valence-electron chi connectivity index (χ1n) is 4.75. The molecule has 1 aromatic heterocycles. The van der Waals surface area contributed by atoms with Gasteiger partial charge in [0, 0.05) is 17.6 Å². The number of hydrogen-bond acceptors (Lipinski definition) is 4. The lowest BCUT2D eigenvalue weighted by atomic mass is 10.1. The number of thiazole rings is 1. The molecule has 2 rings (SSSR count). The zero-order valence-corrected chi connectivity index (χ0v) is 11.2. The van der Waals surface area contributed by atoms with Crippen molar-refractivity contribution in [3.63, 3.8) is 0 Å². The maximum Gasteiger partial charge on any atom is 0.206 e. The smallest absolute Gasteiger partial charge is 0.206 e. The van der Waals surface area contributed by atoms with Gasteiger partial charge in [0.2, 0.25) is 5.78 Å². The largest absolute Gasteiger partial charge is 0.365 e. The second kappa shape index (κ2) is 5.04. The van der Waals surface area contributed by atoms with Crippen LogP contribution in [0.1, 0.15) is 15.2 Å². The first-order chi connectivity index (χ1) is 8.11. The topological polar surface area (TPSA) is 42.0 Å². The normalized spacial score (nSPS) is 10.3. The zero-order chi connectivity index (χ0) is 12.4. The number of aromatic nitrogens is 1. The molecule has 1 aromatic carbocycles. The molecule has 6 heteroatoms. The van der Waals surface area contributed by atoms with Gasteiger partial charge in [-0.1, -0.05) is 34.5 Å². The standard InChI is InChI=1S/C11H8Cl2N2OS/c1-14-11-15-5-9(17-11)10(16)7-3-2-6(12)4-8(7)13/h2-5H,1H3,(H,14,15). The van der Waals surface area contributed by atoms with Crippen LogP contribution in [0.15, 0.2) is 24.4 Å². The number of benzene rings is 1. The number of nitrogens with zero attached hydrogens (tertiary/aromatic N) is 1. The second-order valence-electron chi connectivity index (χ2n) is 3.23. The molecule has 1 heterocycles. The van der Waals surface area contributed by atoms with E-state index in [0.29, 0.717) is 25.6 Å². The monoisotopic (exact) mass is 286 g/mol. The quantitative estimate of drug-likeness (QED) is 0.875. The lowest BCUT2D eigenvalue weighted by Crippen LogP contribution is -1.99.